The maximum absolute atomic E-state index is 12.2. The van der Waals surface area contributed by atoms with E-state index in [1.165, 1.54) is 0 Å². The van der Waals surface area contributed by atoms with E-state index in [1.807, 2.05) is 32.0 Å². The molecule has 1 aliphatic carbocycles. The maximum atomic E-state index is 12.2. The molecule has 1 saturated carbocycles. The van der Waals surface area contributed by atoms with Crippen molar-refractivity contribution in [3.8, 4) is 17.0 Å². The molecule has 1 N–H and O–H groups in total. The molecule has 2 aliphatic rings. The van der Waals surface area contributed by atoms with Crippen molar-refractivity contribution in [2.24, 2.45) is 11.3 Å². The summed E-state index contributed by atoms with van der Waals surface area (Å²) in [6.45, 7) is 5.77. The van der Waals surface area contributed by atoms with Crippen LogP contribution >= 0.6 is 0 Å². The van der Waals surface area contributed by atoms with Gasteiger partial charge >= 0.3 is 5.97 Å². The van der Waals surface area contributed by atoms with Crippen LogP contribution in [0.4, 0.5) is 5.95 Å². The SMILES string of the molecule is CCOC(=O)[C@@]12CCN(c3nccc(-c4cc(C)ccc4O)n3)C[C@@H]1C2. The third-order valence-corrected chi connectivity index (χ3v) is 5.54. The number of hydrogen-bond acceptors (Lipinski definition) is 6. The molecule has 4 rings (SSSR count). The molecule has 2 atom stereocenters. The predicted octanol–water partition coefficient (Wildman–Crippen LogP) is 2.94. The minimum atomic E-state index is -0.279. The first-order valence-electron chi connectivity index (χ1n) is 9.09. The molecule has 6 heteroatoms. The zero-order valence-corrected chi connectivity index (χ0v) is 15.1. The Bertz CT molecular complexity index is 854. The Labute approximate surface area is 152 Å². The molecule has 26 heavy (non-hydrogen) atoms. The molecular weight excluding hydrogens is 330 g/mol. The van der Waals surface area contributed by atoms with Gasteiger partial charge in [-0.3, -0.25) is 4.79 Å². The van der Waals surface area contributed by atoms with Crippen molar-refractivity contribution in [2.45, 2.75) is 26.7 Å². The van der Waals surface area contributed by atoms with Crippen LogP contribution in [0.5, 0.6) is 5.75 Å². The Hall–Kier alpha value is -2.63. The molecule has 0 spiro atoms. The summed E-state index contributed by atoms with van der Waals surface area (Å²) in [7, 11) is 0. The van der Waals surface area contributed by atoms with Crippen LogP contribution in [0.15, 0.2) is 30.5 Å². The lowest BCUT2D eigenvalue weighted by molar-refractivity contribution is -0.150. The van der Waals surface area contributed by atoms with Gasteiger partial charge in [-0.15, -0.1) is 0 Å². The zero-order valence-electron chi connectivity index (χ0n) is 15.1. The average molecular weight is 353 g/mol. The van der Waals surface area contributed by atoms with Gasteiger partial charge in [0.05, 0.1) is 17.7 Å². The summed E-state index contributed by atoms with van der Waals surface area (Å²) in [5, 5.41) is 10.2. The number of carbonyl (C=O) groups is 1. The number of hydrogen-bond donors (Lipinski definition) is 1. The molecule has 2 aromatic rings. The van der Waals surface area contributed by atoms with E-state index in [0.717, 1.165) is 31.5 Å². The van der Waals surface area contributed by atoms with Crippen LogP contribution in [-0.4, -0.2) is 40.7 Å². The van der Waals surface area contributed by atoms with Crippen LogP contribution in [0.2, 0.25) is 0 Å². The molecule has 0 unspecified atom stereocenters. The lowest BCUT2D eigenvalue weighted by Gasteiger charge is -2.30. The fourth-order valence-electron chi connectivity index (χ4n) is 3.93. The van der Waals surface area contributed by atoms with Gasteiger partial charge in [-0.2, -0.15) is 0 Å². The van der Waals surface area contributed by atoms with Crippen LogP contribution in [0.3, 0.4) is 0 Å². The number of aromatic hydroxyl groups is 1. The number of phenolic OH excluding ortho intramolecular Hbond substituents is 1. The van der Waals surface area contributed by atoms with Gasteiger partial charge in [0, 0.05) is 24.8 Å². The number of aromatic nitrogens is 2. The second kappa shape index (κ2) is 6.27. The summed E-state index contributed by atoms with van der Waals surface area (Å²) < 4.78 is 5.25. The number of anilines is 1. The Morgan fingerprint density at radius 3 is 3.04 bits per heavy atom. The highest BCUT2D eigenvalue weighted by atomic mass is 16.5. The first kappa shape index (κ1) is 16.8. The van der Waals surface area contributed by atoms with Crippen LogP contribution in [0.1, 0.15) is 25.3 Å². The van der Waals surface area contributed by atoms with Gasteiger partial charge in [-0.05, 0) is 50.8 Å². The number of phenols is 1. The van der Waals surface area contributed by atoms with Gasteiger partial charge in [0.1, 0.15) is 5.75 Å². The number of aryl methyl sites for hydroxylation is 1. The van der Waals surface area contributed by atoms with E-state index in [9.17, 15) is 9.90 Å². The first-order valence-corrected chi connectivity index (χ1v) is 9.09. The summed E-state index contributed by atoms with van der Waals surface area (Å²) >= 11 is 0. The standard InChI is InChI=1S/C20H23N3O3/c1-3-26-18(25)20-7-9-23(12-14(20)11-20)19-21-8-6-16(22-19)15-10-13(2)4-5-17(15)24/h4-6,8,10,14,24H,3,7,9,11-12H2,1-2H3/t14-,20+/m0/s1. The Balaban J connectivity index is 1.54. The second-order valence-corrected chi connectivity index (χ2v) is 7.24. The van der Waals surface area contributed by atoms with Crippen molar-refractivity contribution >= 4 is 11.9 Å². The quantitative estimate of drug-likeness (QED) is 0.852. The fraction of sp³-hybridized carbons (Fsp3) is 0.450. The third kappa shape index (κ3) is 2.79. The number of ether oxygens (including phenoxy) is 1. The smallest absolute Gasteiger partial charge is 0.312 e. The van der Waals surface area contributed by atoms with Gasteiger partial charge in [-0.25, -0.2) is 9.97 Å². The van der Waals surface area contributed by atoms with Crippen molar-refractivity contribution in [1.29, 1.82) is 0 Å². The highest BCUT2D eigenvalue weighted by Crippen LogP contribution is 2.58. The molecule has 136 valence electrons. The molecule has 1 aromatic carbocycles. The van der Waals surface area contributed by atoms with E-state index >= 15 is 0 Å². The van der Waals surface area contributed by atoms with Gasteiger partial charge in [0.25, 0.3) is 0 Å². The van der Waals surface area contributed by atoms with E-state index in [-0.39, 0.29) is 17.1 Å². The van der Waals surface area contributed by atoms with E-state index in [2.05, 4.69) is 14.9 Å². The Morgan fingerprint density at radius 1 is 1.42 bits per heavy atom. The van der Waals surface area contributed by atoms with Gasteiger partial charge < -0.3 is 14.7 Å². The number of carbonyl (C=O) groups excluding carboxylic acids is 1. The molecular formula is C20H23N3O3. The molecule has 0 amide bonds. The van der Waals surface area contributed by atoms with Crippen molar-refractivity contribution in [2.75, 3.05) is 24.6 Å². The van der Waals surface area contributed by atoms with Crippen LogP contribution < -0.4 is 4.90 Å². The van der Waals surface area contributed by atoms with E-state index in [0.29, 0.717) is 29.7 Å². The topological polar surface area (TPSA) is 75.5 Å². The highest BCUT2D eigenvalue weighted by Gasteiger charge is 2.63. The van der Waals surface area contributed by atoms with E-state index in [1.54, 1.807) is 12.3 Å². The number of rotatable bonds is 4. The minimum absolute atomic E-state index is 0.0518. The maximum Gasteiger partial charge on any atom is 0.312 e. The number of benzene rings is 1. The predicted molar refractivity (Wildman–Crippen MR) is 97.9 cm³/mol. The first-order chi connectivity index (χ1) is 12.5. The highest BCUT2D eigenvalue weighted by molar-refractivity contribution is 5.81. The zero-order chi connectivity index (χ0) is 18.3. The van der Waals surface area contributed by atoms with Crippen molar-refractivity contribution < 1.29 is 14.6 Å². The second-order valence-electron chi connectivity index (χ2n) is 7.24. The van der Waals surface area contributed by atoms with Crippen molar-refractivity contribution in [3.63, 3.8) is 0 Å². The Kier molecular flexibility index (Phi) is 4.05. The number of esters is 1. The summed E-state index contributed by atoms with van der Waals surface area (Å²) in [6.07, 6.45) is 3.39. The van der Waals surface area contributed by atoms with Crippen LogP contribution in [0.25, 0.3) is 11.3 Å². The summed E-state index contributed by atoms with van der Waals surface area (Å²) in [6, 6.07) is 7.28. The molecule has 2 fully saturated rings. The molecule has 1 aromatic heterocycles. The largest absolute Gasteiger partial charge is 0.507 e. The van der Waals surface area contributed by atoms with Crippen LogP contribution in [0, 0.1) is 18.3 Å². The molecule has 0 bridgehead atoms. The van der Waals surface area contributed by atoms with E-state index in [4.69, 9.17) is 4.74 Å². The fourth-order valence-corrected chi connectivity index (χ4v) is 3.93. The molecule has 6 nitrogen and oxygen atoms in total. The summed E-state index contributed by atoms with van der Waals surface area (Å²) in [5.41, 5.74) is 2.19. The molecule has 0 radical (unpaired) electrons. The lowest BCUT2D eigenvalue weighted by atomic mass is 9.95. The minimum Gasteiger partial charge on any atom is -0.507 e. The van der Waals surface area contributed by atoms with E-state index < -0.39 is 0 Å². The summed E-state index contributed by atoms with van der Waals surface area (Å²) in [4.78, 5) is 23.4. The average Bonchev–Trinajstić information content (AvgIpc) is 3.39. The van der Waals surface area contributed by atoms with Crippen molar-refractivity contribution in [1.82, 2.24) is 9.97 Å². The van der Waals surface area contributed by atoms with Crippen molar-refractivity contribution in [3.05, 3.63) is 36.0 Å². The van der Waals surface area contributed by atoms with Gasteiger partial charge in [0.2, 0.25) is 5.95 Å². The summed E-state index contributed by atoms with van der Waals surface area (Å²) in [5.74, 6) is 1.12. The monoisotopic (exact) mass is 353 g/mol. The third-order valence-electron chi connectivity index (χ3n) is 5.54. The Morgan fingerprint density at radius 2 is 2.27 bits per heavy atom. The van der Waals surface area contributed by atoms with Crippen LogP contribution in [-0.2, 0) is 9.53 Å². The molecule has 1 saturated heterocycles. The lowest BCUT2D eigenvalue weighted by Crippen LogP contribution is -2.39. The normalized spacial score (nSPS) is 24.1. The van der Waals surface area contributed by atoms with Gasteiger partial charge in [-0.1, -0.05) is 11.6 Å². The number of fused-ring (bicyclic) bond motifs is 1. The molecule has 1 aliphatic heterocycles. The van der Waals surface area contributed by atoms with Gasteiger partial charge in [0.15, 0.2) is 0 Å². The number of piperidine rings is 1. The number of nitrogens with zero attached hydrogens (tertiary/aromatic N) is 3. The molecule has 2 heterocycles.